The minimum absolute atomic E-state index is 1.11. The van der Waals surface area contributed by atoms with E-state index in [1.807, 2.05) is 6.20 Å². The Morgan fingerprint density at radius 2 is 0.788 bits per heavy atom. The molecule has 0 fully saturated rings. The summed E-state index contributed by atoms with van der Waals surface area (Å²) in [4.78, 5) is 7.11. The van der Waals surface area contributed by atoms with Gasteiger partial charge in [0.25, 0.3) is 0 Å². The van der Waals surface area contributed by atoms with Crippen LogP contribution in [0.2, 0.25) is 13.1 Å². The first kappa shape index (κ1) is 31.7. The molecule has 0 aliphatic carbocycles. The van der Waals surface area contributed by atoms with Crippen LogP contribution in [0.25, 0.3) is 55.8 Å². The van der Waals surface area contributed by atoms with Crippen LogP contribution < -0.4 is 15.3 Å². The Morgan fingerprint density at radius 1 is 0.365 bits per heavy atom. The molecule has 3 heteroatoms. The molecule has 0 spiro atoms. The molecule has 0 radical (unpaired) electrons. The van der Waals surface area contributed by atoms with Crippen molar-refractivity contribution in [3.8, 4) is 55.8 Å². The number of anilines is 3. The molecule has 0 saturated carbocycles. The SMILES string of the molecule is C[Si]1(C)c2cc(-c3cccc(-c4ccc(N(c5ccc(-c6ccccc6)cc5)c5ccc(-c6ccccc6)cc5)cc4)c3)ccc2-c2ncccc21. The summed E-state index contributed by atoms with van der Waals surface area (Å²) >= 11 is 0. The molecular weight excluding hydrogens is 645 g/mol. The average Bonchev–Trinajstić information content (AvgIpc) is 3.45. The Labute approximate surface area is 307 Å². The Kier molecular flexibility index (Phi) is 7.99. The van der Waals surface area contributed by atoms with E-state index in [1.165, 1.54) is 66.1 Å². The molecule has 8 aromatic rings. The van der Waals surface area contributed by atoms with Gasteiger partial charge in [0.15, 0.2) is 0 Å². The highest BCUT2D eigenvalue weighted by Crippen LogP contribution is 2.38. The lowest BCUT2D eigenvalue weighted by atomic mass is 9.97. The van der Waals surface area contributed by atoms with Crippen LogP contribution in [0.5, 0.6) is 0 Å². The van der Waals surface area contributed by atoms with Gasteiger partial charge in [0, 0.05) is 23.3 Å². The fraction of sp³-hybridized carbons (Fsp3) is 0.0408. The number of hydrogen-bond donors (Lipinski definition) is 0. The van der Waals surface area contributed by atoms with Crippen molar-refractivity contribution < 1.29 is 0 Å². The van der Waals surface area contributed by atoms with Crippen molar-refractivity contribution in [3.63, 3.8) is 0 Å². The van der Waals surface area contributed by atoms with E-state index < -0.39 is 8.07 Å². The van der Waals surface area contributed by atoms with E-state index >= 15 is 0 Å². The zero-order valence-electron chi connectivity index (χ0n) is 29.4. The number of hydrogen-bond acceptors (Lipinski definition) is 2. The smallest absolute Gasteiger partial charge is 0.115 e. The van der Waals surface area contributed by atoms with Crippen LogP contribution in [0.3, 0.4) is 0 Å². The summed E-state index contributed by atoms with van der Waals surface area (Å²) in [6.45, 7) is 4.89. The summed E-state index contributed by atoms with van der Waals surface area (Å²) < 4.78 is 0. The maximum Gasteiger partial charge on any atom is 0.115 e. The maximum atomic E-state index is 4.77. The molecule has 0 unspecified atom stereocenters. The second-order valence-corrected chi connectivity index (χ2v) is 18.4. The van der Waals surface area contributed by atoms with Crippen LogP contribution >= 0.6 is 0 Å². The minimum Gasteiger partial charge on any atom is -0.311 e. The molecule has 1 aliphatic heterocycles. The van der Waals surface area contributed by atoms with Crippen LogP contribution in [-0.2, 0) is 0 Å². The number of nitrogens with zero attached hydrogens (tertiary/aromatic N) is 2. The van der Waals surface area contributed by atoms with Crippen LogP contribution in [0.1, 0.15) is 0 Å². The number of fused-ring (bicyclic) bond motifs is 3. The van der Waals surface area contributed by atoms with Gasteiger partial charge in [-0.15, -0.1) is 0 Å². The zero-order chi connectivity index (χ0) is 35.1. The first-order valence-electron chi connectivity index (χ1n) is 18.0. The Balaban J connectivity index is 1.05. The summed E-state index contributed by atoms with van der Waals surface area (Å²) in [7, 11) is -1.80. The van der Waals surface area contributed by atoms with Crippen molar-refractivity contribution >= 4 is 35.5 Å². The highest BCUT2D eigenvalue weighted by Gasteiger charge is 2.38. The van der Waals surface area contributed by atoms with E-state index in [0.29, 0.717) is 0 Å². The van der Waals surface area contributed by atoms with Gasteiger partial charge in [-0.05, 0) is 109 Å². The van der Waals surface area contributed by atoms with Crippen molar-refractivity contribution in [3.05, 3.63) is 194 Å². The second kappa shape index (κ2) is 13.1. The standard InChI is InChI=1S/C49H38N2Si/c1-52(2)47-17-10-32-50-49(47)46-31-24-42(34-48(46)52)41-16-9-15-40(33-41)39-22-29-45(30-23-39)51(43-25-18-37(19-26-43)35-11-5-3-6-12-35)44-27-20-38(21-28-44)36-13-7-4-8-14-36/h3-34H,1-2H3. The van der Waals surface area contributed by atoms with Gasteiger partial charge >= 0.3 is 0 Å². The maximum absolute atomic E-state index is 4.77. The first-order chi connectivity index (χ1) is 25.5. The molecular formula is C49H38N2Si. The number of pyridine rings is 1. The minimum atomic E-state index is -1.80. The molecule has 0 atom stereocenters. The Morgan fingerprint density at radius 3 is 1.33 bits per heavy atom. The lowest BCUT2D eigenvalue weighted by molar-refractivity contribution is 1.28. The third-order valence-corrected chi connectivity index (χ3v) is 14.1. The molecule has 0 amide bonds. The summed E-state index contributed by atoms with van der Waals surface area (Å²) in [6.07, 6.45) is 1.92. The van der Waals surface area contributed by atoms with Crippen molar-refractivity contribution in [2.75, 3.05) is 4.90 Å². The quantitative estimate of drug-likeness (QED) is 0.156. The Bertz CT molecular complexity index is 2420. The molecule has 0 saturated heterocycles. The van der Waals surface area contributed by atoms with Gasteiger partial charge in [0.2, 0.25) is 0 Å². The first-order valence-corrected chi connectivity index (χ1v) is 21.0. The van der Waals surface area contributed by atoms with E-state index in [9.17, 15) is 0 Å². The van der Waals surface area contributed by atoms with E-state index in [1.54, 1.807) is 0 Å². The highest BCUT2D eigenvalue weighted by atomic mass is 28.3. The zero-order valence-corrected chi connectivity index (χ0v) is 30.4. The fourth-order valence-corrected chi connectivity index (χ4v) is 10.7. The van der Waals surface area contributed by atoms with Gasteiger partial charge in [-0.1, -0.05) is 153 Å². The molecule has 7 aromatic carbocycles. The molecule has 248 valence electrons. The van der Waals surface area contributed by atoms with Crippen LogP contribution in [0.4, 0.5) is 17.1 Å². The molecule has 52 heavy (non-hydrogen) atoms. The lowest BCUT2D eigenvalue weighted by Gasteiger charge is -2.26. The van der Waals surface area contributed by atoms with Crippen LogP contribution in [-0.4, -0.2) is 13.1 Å². The molecule has 1 aromatic heterocycles. The highest BCUT2D eigenvalue weighted by molar-refractivity contribution is 7.03. The number of rotatable bonds is 7. The largest absolute Gasteiger partial charge is 0.311 e. The topological polar surface area (TPSA) is 16.1 Å². The number of benzene rings is 7. The molecule has 2 nitrogen and oxygen atoms in total. The third kappa shape index (κ3) is 5.75. The Hall–Kier alpha value is -6.29. The molecule has 9 rings (SSSR count). The molecule has 0 N–H and O–H groups in total. The normalized spacial score (nSPS) is 12.6. The van der Waals surface area contributed by atoms with Gasteiger partial charge < -0.3 is 4.90 Å². The molecule has 2 heterocycles. The van der Waals surface area contributed by atoms with Crippen molar-refractivity contribution in [1.29, 1.82) is 0 Å². The second-order valence-electron chi connectivity index (χ2n) is 14.1. The van der Waals surface area contributed by atoms with Gasteiger partial charge in [-0.2, -0.15) is 0 Å². The van der Waals surface area contributed by atoms with E-state index in [4.69, 9.17) is 4.98 Å². The van der Waals surface area contributed by atoms with Gasteiger partial charge in [0.05, 0.1) is 5.69 Å². The van der Waals surface area contributed by atoms with Crippen molar-refractivity contribution in [2.24, 2.45) is 0 Å². The van der Waals surface area contributed by atoms with Crippen LogP contribution in [0.15, 0.2) is 194 Å². The summed E-state index contributed by atoms with van der Waals surface area (Å²) in [5, 5.41) is 2.91. The monoisotopic (exact) mass is 682 g/mol. The fourth-order valence-electron chi connectivity index (χ4n) is 7.71. The lowest BCUT2D eigenvalue weighted by Crippen LogP contribution is -2.49. The van der Waals surface area contributed by atoms with Gasteiger partial charge in [-0.25, -0.2) is 0 Å². The predicted octanol–water partition coefficient (Wildman–Crippen LogP) is 12.0. The van der Waals surface area contributed by atoms with Crippen molar-refractivity contribution in [1.82, 2.24) is 4.98 Å². The number of aromatic nitrogens is 1. The van der Waals surface area contributed by atoms with Gasteiger partial charge in [-0.3, -0.25) is 4.98 Å². The molecule has 0 bridgehead atoms. The van der Waals surface area contributed by atoms with Gasteiger partial charge in [0.1, 0.15) is 8.07 Å². The van der Waals surface area contributed by atoms with Crippen LogP contribution in [0, 0.1) is 0 Å². The van der Waals surface area contributed by atoms with Crippen molar-refractivity contribution in [2.45, 2.75) is 13.1 Å². The van der Waals surface area contributed by atoms with E-state index in [0.717, 1.165) is 17.1 Å². The average molecular weight is 683 g/mol. The molecule has 1 aliphatic rings. The summed E-state index contributed by atoms with van der Waals surface area (Å²) in [5.41, 5.74) is 15.5. The predicted molar refractivity (Wildman–Crippen MR) is 223 cm³/mol. The van der Waals surface area contributed by atoms with E-state index in [2.05, 4.69) is 206 Å². The van der Waals surface area contributed by atoms with E-state index in [-0.39, 0.29) is 0 Å². The summed E-state index contributed by atoms with van der Waals surface area (Å²) in [6, 6.07) is 68.1. The summed E-state index contributed by atoms with van der Waals surface area (Å²) in [5.74, 6) is 0. The third-order valence-electron chi connectivity index (χ3n) is 10.5.